The fourth-order valence-corrected chi connectivity index (χ4v) is 8.50. The Morgan fingerprint density at radius 3 is 1.81 bits per heavy atom. The Bertz CT molecular complexity index is 1160. The molecular weight excluding hydrogens is 555 g/mol. The lowest BCUT2D eigenvalue weighted by Crippen LogP contribution is -2.38. The molecule has 0 saturated heterocycles. The van der Waals surface area contributed by atoms with Crippen molar-refractivity contribution in [3.63, 3.8) is 0 Å². The van der Waals surface area contributed by atoms with Crippen LogP contribution in [0.4, 0.5) is 22.0 Å². The number of benzene rings is 2. The van der Waals surface area contributed by atoms with Gasteiger partial charge >= 0.3 is 6.11 Å². The lowest BCUT2D eigenvalue weighted by Gasteiger charge is -2.42. The number of halogens is 5. The molecule has 238 valence electrons. The van der Waals surface area contributed by atoms with Crippen LogP contribution in [0.15, 0.2) is 36.4 Å². The third kappa shape index (κ3) is 8.14. The second-order valence-corrected chi connectivity index (χ2v) is 13.8. The van der Waals surface area contributed by atoms with Crippen molar-refractivity contribution in [3.8, 4) is 16.9 Å². The van der Waals surface area contributed by atoms with E-state index in [1.54, 1.807) is 0 Å². The van der Waals surface area contributed by atoms with E-state index in [1.807, 2.05) is 0 Å². The lowest BCUT2D eigenvalue weighted by molar-refractivity contribution is -0.224. The van der Waals surface area contributed by atoms with Crippen LogP contribution in [0.1, 0.15) is 115 Å². The summed E-state index contributed by atoms with van der Waals surface area (Å²) in [6.45, 7) is 1.32. The maximum atomic E-state index is 15.2. The predicted molar refractivity (Wildman–Crippen MR) is 163 cm³/mol. The van der Waals surface area contributed by atoms with Crippen LogP contribution in [0.5, 0.6) is 5.75 Å². The molecule has 0 unspecified atom stereocenters. The summed E-state index contributed by atoms with van der Waals surface area (Å²) in [5, 5.41) is 0. The molecule has 0 heterocycles. The molecule has 0 aliphatic heterocycles. The minimum atomic E-state index is -3.39. The highest BCUT2D eigenvalue weighted by Crippen LogP contribution is 2.48. The predicted octanol–water partition coefficient (Wildman–Crippen LogP) is 12.1. The summed E-state index contributed by atoms with van der Waals surface area (Å²) >= 11 is 0. The van der Waals surface area contributed by atoms with Crippen LogP contribution >= 0.6 is 0 Å². The van der Waals surface area contributed by atoms with E-state index >= 15 is 8.78 Å². The van der Waals surface area contributed by atoms with Gasteiger partial charge in [0.05, 0.1) is 5.92 Å². The second kappa shape index (κ2) is 14.8. The van der Waals surface area contributed by atoms with Gasteiger partial charge in [0.1, 0.15) is 24.1 Å². The molecule has 6 heteroatoms. The molecule has 0 radical (unpaired) electrons. The first-order valence-corrected chi connectivity index (χ1v) is 17.0. The summed E-state index contributed by atoms with van der Waals surface area (Å²) in [5.41, 5.74) is 0.144. The van der Waals surface area contributed by atoms with Crippen molar-refractivity contribution in [2.24, 2.45) is 35.5 Å². The molecule has 3 aliphatic carbocycles. The quantitative estimate of drug-likeness (QED) is 0.183. The number of unbranched alkanes of at least 4 members (excludes halogenated alkanes) is 2. The molecule has 43 heavy (non-hydrogen) atoms. The van der Waals surface area contributed by atoms with Crippen molar-refractivity contribution in [3.05, 3.63) is 53.6 Å². The molecule has 2 aromatic carbocycles. The molecule has 3 saturated carbocycles. The van der Waals surface area contributed by atoms with E-state index in [-0.39, 0.29) is 22.4 Å². The van der Waals surface area contributed by atoms with Gasteiger partial charge in [-0.15, -0.1) is 0 Å². The Morgan fingerprint density at radius 2 is 1.28 bits per heavy atom. The Kier molecular flexibility index (Phi) is 11.1. The summed E-state index contributed by atoms with van der Waals surface area (Å²) < 4.78 is 77.1. The van der Waals surface area contributed by atoms with Gasteiger partial charge in [0.25, 0.3) is 0 Å². The first kappa shape index (κ1) is 32.3. The van der Waals surface area contributed by atoms with E-state index in [4.69, 9.17) is 4.74 Å². The van der Waals surface area contributed by atoms with Crippen LogP contribution in [0.3, 0.4) is 0 Å². The Morgan fingerprint density at radius 1 is 0.698 bits per heavy atom. The zero-order chi connectivity index (χ0) is 30.4. The maximum Gasteiger partial charge on any atom is 0.400 e. The van der Waals surface area contributed by atoms with Gasteiger partial charge < -0.3 is 4.74 Å². The Balaban J connectivity index is 1.06. The molecule has 1 nitrogen and oxygen atoms in total. The SMILES string of the molecule is CCCCCC1CCC(C2CCC(C3CCC(C(F)(F)Oc4ccc(-c5ccc(CF)c(F)c5)c(F)c4)CC3)CC2)CC1. The van der Waals surface area contributed by atoms with Crippen molar-refractivity contribution in [2.45, 2.75) is 122 Å². The first-order valence-electron chi connectivity index (χ1n) is 17.0. The summed E-state index contributed by atoms with van der Waals surface area (Å²) in [5.74, 6) is 1.18. The lowest BCUT2D eigenvalue weighted by atomic mass is 9.65. The minimum Gasteiger partial charge on any atom is -0.432 e. The molecule has 0 atom stereocenters. The van der Waals surface area contributed by atoms with E-state index in [0.29, 0.717) is 24.7 Å². The average Bonchev–Trinajstić information content (AvgIpc) is 3.01. The minimum absolute atomic E-state index is 0.0466. The van der Waals surface area contributed by atoms with Gasteiger partial charge in [-0.1, -0.05) is 57.6 Å². The van der Waals surface area contributed by atoms with E-state index in [2.05, 4.69) is 6.92 Å². The average molecular weight is 605 g/mol. The molecular formula is C37H49F5O. The molecule has 3 aliphatic rings. The van der Waals surface area contributed by atoms with Gasteiger partial charge in [0.15, 0.2) is 0 Å². The number of hydrogen-bond donors (Lipinski definition) is 0. The topological polar surface area (TPSA) is 9.23 Å². The highest BCUT2D eigenvalue weighted by Gasteiger charge is 2.45. The van der Waals surface area contributed by atoms with Crippen LogP contribution < -0.4 is 4.74 Å². The van der Waals surface area contributed by atoms with Crippen LogP contribution in [0.2, 0.25) is 0 Å². The first-order chi connectivity index (χ1) is 20.8. The fraction of sp³-hybridized carbons (Fsp3) is 0.676. The third-order valence-electron chi connectivity index (χ3n) is 11.2. The molecule has 0 aromatic heterocycles. The highest BCUT2D eigenvalue weighted by atomic mass is 19.3. The number of ether oxygens (including phenoxy) is 1. The summed E-state index contributed by atoms with van der Waals surface area (Å²) in [6.07, 6.45) is 15.3. The zero-order valence-corrected chi connectivity index (χ0v) is 25.7. The maximum absolute atomic E-state index is 15.2. The van der Waals surface area contributed by atoms with E-state index in [0.717, 1.165) is 42.7 Å². The summed E-state index contributed by atoms with van der Waals surface area (Å²) in [4.78, 5) is 0. The normalized spacial score (nSPS) is 28.5. The van der Waals surface area contributed by atoms with Crippen LogP contribution in [0, 0.1) is 47.1 Å². The molecule has 0 bridgehead atoms. The second-order valence-electron chi connectivity index (χ2n) is 13.8. The van der Waals surface area contributed by atoms with Crippen molar-refractivity contribution >= 4 is 0 Å². The molecule has 0 spiro atoms. The smallest absolute Gasteiger partial charge is 0.400 e. The van der Waals surface area contributed by atoms with Gasteiger partial charge in [-0.3, -0.25) is 0 Å². The van der Waals surface area contributed by atoms with Crippen LogP contribution in [0.25, 0.3) is 11.1 Å². The highest BCUT2D eigenvalue weighted by molar-refractivity contribution is 5.65. The Labute approximate surface area is 255 Å². The molecule has 0 N–H and O–H groups in total. The Hall–Kier alpha value is -2.11. The molecule has 0 amide bonds. The van der Waals surface area contributed by atoms with Gasteiger partial charge in [-0.25, -0.2) is 13.2 Å². The molecule has 2 aromatic rings. The third-order valence-corrected chi connectivity index (χ3v) is 11.2. The van der Waals surface area contributed by atoms with E-state index in [9.17, 15) is 13.2 Å². The molecule has 3 fully saturated rings. The molecule has 5 rings (SSSR count). The van der Waals surface area contributed by atoms with Gasteiger partial charge in [0.2, 0.25) is 0 Å². The fourth-order valence-electron chi connectivity index (χ4n) is 8.50. The van der Waals surface area contributed by atoms with Crippen molar-refractivity contribution < 1.29 is 26.7 Å². The van der Waals surface area contributed by atoms with Crippen molar-refractivity contribution in [2.75, 3.05) is 0 Å². The summed E-state index contributed by atoms with van der Waals surface area (Å²) in [7, 11) is 0. The van der Waals surface area contributed by atoms with Crippen molar-refractivity contribution in [1.29, 1.82) is 0 Å². The summed E-state index contributed by atoms with van der Waals surface area (Å²) in [6, 6.07) is 7.23. The monoisotopic (exact) mass is 604 g/mol. The van der Waals surface area contributed by atoms with Crippen LogP contribution in [-0.4, -0.2) is 6.11 Å². The van der Waals surface area contributed by atoms with Gasteiger partial charge in [-0.2, -0.15) is 8.78 Å². The van der Waals surface area contributed by atoms with Gasteiger partial charge in [0, 0.05) is 17.2 Å². The van der Waals surface area contributed by atoms with Gasteiger partial charge in [-0.05, 0) is 118 Å². The zero-order valence-electron chi connectivity index (χ0n) is 25.7. The van der Waals surface area contributed by atoms with E-state index < -0.39 is 30.3 Å². The van der Waals surface area contributed by atoms with Crippen LogP contribution in [-0.2, 0) is 6.67 Å². The number of rotatable bonds is 11. The largest absolute Gasteiger partial charge is 0.432 e. The standard InChI is InChI=1S/C37H49F5O/c1-2-3-4-5-25-6-8-26(9-7-25)27-10-12-28(13-11-27)29-16-18-32(19-17-29)37(41,42)43-33-20-21-34(36(40)23-33)30-14-15-31(24-38)35(39)22-30/h14-15,20-23,25-29,32H,2-13,16-19,24H2,1H3. The number of alkyl halides is 3. The van der Waals surface area contributed by atoms with E-state index in [1.165, 1.54) is 101 Å². The number of hydrogen-bond acceptors (Lipinski definition) is 1. The van der Waals surface area contributed by atoms with Crippen molar-refractivity contribution in [1.82, 2.24) is 0 Å².